The summed E-state index contributed by atoms with van der Waals surface area (Å²) in [6.45, 7) is 4.97. The second-order valence-corrected chi connectivity index (χ2v) is 4.87. The molecule has 1 aliphatic heterocycles. The van der Waals surface area contributed by atoms with Crippen molar-refractivity contribution in [2.75, 3.05) is 6.54 Å². The number of rotatable bonds is 2. The molecule has 0 radical (unpaired) electrons. The first kappa shape index (κ1) is 14.0. The van der Waals surface area contributed by atoms with Crippen molar-refractivity contribution in [1.82, 2.24) is 20.2 Å². The Hall–Kier alpha value is -2.44. The van der Waals surface area contributed by atoms with E-state index >= 15 is 0 Å². The molecular weight excluding hydrogens is 260 g/mol. The second kappa shape index (κ2) is 5.28. The fourth-order valence-electron chi connectivity index (χ4n) is 1.99. The lowest BCUT2D eigenvalue weighted by Crippen LogP contribution is -2.51. The van der Waals surface area contributed by atoms with Crippen LogP contribution in [0.2, 0.25) is 0 Å². The van der Waals surface area contributed by atoms with Gasteiger partial charge in [0.1, 0.15) is 12.2 Å². The molecule has 106 valence electrons. The summed E-state index contributed by atoms with van der Waals surface area (Å²) in [4.78, 5) is 43.0. The first-order valence-corrected chi connectivity index (χ1v) is 6.27. The first-order valence-electron chi connectivity index (χ1n) is 6.27. The molecule has 3 amide bonds. The van der Waals surface area contributed by atoms with E-state index in [0.717, 1.165) is 10.6 Å². The third-order valence-electron chi connectivity index (χ3n) is 2.99. The number of aromatic nitrogens is 2. The number of nitrogens with zero attached hydrogens (tertiary/aromatic N) is 2. The molecule has 0 aromatic carbocycles. The van der Waals surface area contributed by atoms with Gasteiger partial charge in [0.25, 0.3) is 5.91 Å². The molecule has 20 heavy (non-hydrogen) atoms. The van der Waals surface area contributed by atoms with Crippen molar-refractivity contribution in [2.24, 2.45) is 0 Å². The lowest BCUT2D eigenvalue weighted by atomic mass is 10.1. The minimum atomic E-state index is -0.519. The molecule has 0 aliphatic carbocycles. The largest absolute Gasteiger partial charge is 0.348 e. The molecule has 2 N–H and O–H groups in total. The zero-order valence-electron chi connectivity index (χ0n) is 11.6. The van der Waals surface area contributed by atoms with Crippen LogP contribution in [-0.4, -0.2) is 39.1 Å². The Bertz CT molecular complexity index is 601. The van der Waals surface area contributed by atoms with Gasteiger partial charge in [-0.3, -0.25) is 19.3 Å². The van der Waals surface area contributed by atoms with Gasteiger partial charge in [0, 0.05) is 12.6 Å². The highest BCUT2D eigenvalue weighted by molar-refractivity contribution is 6.12. The Morgan fingerprint density at radius 1 is 1.45 bits per heavy atom. The number of aromatic amines is 1. The Kier molecular flexibility index (Phi) is 3.69. The highest BCUT2D eigenvalue weighted by Crippen LogP contribution is 2.18. The molecule has 0 spiro atoms. The average Bonchev–Trinajstić information content (AvgIpc) is 2.81. The number of hydrogen-bond acceptors (Lipinski definition) is 4. The van der Waals surface area contributed by atoms with Gasteiger partial charge in [-0.1, -0.05) is 13.8 Å². The Labute approximate surface area is 116 Å². The van der Waals surface area contributed by atoms with E-state index in [2.05, 4.69) is 15.3 Å². The van der Waals surface area contributed by atoms with Gasteiger partial charge in [0.2, 0.25) is 11.8 Å². The third-order valence-corrected chi connectivity index (χ3v) is 2.99. The number of amides is 3. The molecule has 1 aromatic rings. The highest BCUT2D eigenvalue weighted by Gasteiger charge is 2.31. The molecule has 7 nitrogen and oxygen atoms in total. The first-order chi connectivity index (χ1) is 9.40. The lowest BCUT2D eigenvalue weighted by molar-refractivity contribution is -0.147. The number of carbonyl (C=O) groups excluding carboxylic acids is 3. The molecule has 1 aliphatic rings. The standard InChI is InChI=1S/C13H16N4O3/c1-7(2)12-9(14-6-15-12)4-10-13(20)17(8(3)18)5-11(19)16-10/h4,6-7H,5H2,1-3H3,(H,14,15)(H,16,19)/b10-4-. The van der Waals surface area contributed by atoms with E-state index in [4.69, 9.17) is 0 Å². The third kappa shape index (κ3) is 2.61. The maximum absolute atomic E-state index is 12.1. The molecule has 1 aromatic heterocycles. The van der Waals surface area contributed by atoms with Gasteiger partial charge in [0.15, 0.2) is 0 Å². The number of carbonyl (C=O) groups is 3. The lowest BCUT2D eigenvalue weighted by Gasteiger charge is -2.25. The summed E-state index contributed by atoms with van der Waals surface area (Å²) in [6.07, 6.45) is 3.01. The number of piperazine rings is 1. The predicted octanol–water partition coefficient (Wildman–Crippen LogP) is 0.379. The van der Waals surface area contributed by atoms with Crippen molar-refractivity contribution in [1.29, 1.82) is 0 Å². The van der Waals surface area contributed by atoms with Crippen LogP contribution in [0.25, 0.3) is 6.08 Å². The van der Waals surface area contributed by atoms with E-state index in [1.807, 2.05) is 13.8 Å². The van der Waals surface area contributed by atoms with Crippen LogP contribution in [-0.2, 0) is 14.4 Å². The van der Waals surface area contributed by atoms with Crippen LogP contribution in [0.1, 0.15) is 38.1 Å². The molecule has 1 saturated heterocycles. The number of nitrogens with one attached hydrogen (secondary N) is 2. The molecule has 0 atom stereocenters. The summed E-state index contributed by atoms with van der Waals surface area (Å²) < 4.78 is 0. The number of H-pyrrole nitrogens is 1. The number of imidazole rings is 1. The van der Waals surface area contributed by atoms with Gasteiger partial charge in [-0.25, -0.2) is 4.98 Å². The van der Waals surface area contributed by atoms with Crippen LogP contribution in [0.15, 0.2) is 12.0 Å². The Morgan fingerprint density at radius 2 is 2.15 bits per heavy atom. The van der Waals surface area contributed by atoms with Crippen LogP contribution in [0.4, 0.5) is 0 Å². The van der Waals surface area contributed by atoms with Crippen LogP contribution >= 0.6 is 0 Å². The van der Waals surface area contributed by atoms with Crippen molar-refractivity contribution >= 4 is 23.8 Å². The normalized spacial score (nSPS) is 17.8. The van der Waals surface area contributed by atoms with Gasteiger partial charge in [-0.05, 0) is 12.0 Å². The van der Waals surface area contributed by atoms with Crippen LogP contribution in [0, 0.1) is 0 Å². The van der Waals surface area contributed by atoms with Crippen LogP contribution in [0.3, 0.4) is 0 Å². The Balaban J connectivity index is 2.37. The van der Waals surface area contributed by atoms with Gasteiger partial charge in [-0.2, -0.15) is 0 Å². The minimum Gasteiger partial charge on any atom is -0.348 e. The van der Waals surface area contributed by atoms with Crippen molar-refractivity contribution < 1.29 is 14.4 Å². The predicted molar refractivity (Wildman–Crippen MR) is 71.2 cm³/mol. The van der Waals surface area contributed by atoms with Gasteiger partial charge in [0.05, 0.1) is 12.0 Å². The highest BCUT2D eigenvalue weighted by atomic mass is 16.2. The van der Waals surface area contributed by atoms with E-state index in [9.17, 15) is 14.4 Å². The van der Waals surface area contributed by atoms with Crippen molar-refractivity contribution in [3.63, 3.8) is 0 Å². The summed E-state index contributed by atoms with van der Waals surface area (Å²) in [6, 6.07) is 0. The van der Waals surface area contributed by atoms with Crippen molar-refractivity contribution in [3.8, 4) is 0 Å². The maximum Gasteiger partial charge on any atom is 0.277 e. The molecule has 2 heterocycles. The molecule has 0 saturated carbocycles. The topological polar surface area (TPSA) is 95.2 Å². The molecule has 1 fully saturated rings. The molecule has 7 heteroatoms. The van der Waals surface area contributed by atoms with Crippen LogP contribution in [0.5, 0.6) is 0 Å². The zero-order chi connectivity index (χ0) is 14.9. The van der Waals surface area contributed by atoms with E-state index in [1.165, 1.54) is 19.3 Å². The molecule has 2 rings (SSSR count). The van der Waals surface area contributed by atoms with E-state index < -0.39 is 17.7 Å². The smallest absolute Gasteiger partial charge is 0.277 e. The van der Waals surface area contributed by atoms with Crippen molar-refractivity contribution in [3.05, 3.63) is 23.4 Å². The number of hydrogen-bond donors (Lipinski definition) is 2. The van der Waals surface area contributed by atoms with E-state index in [0.29, 0.717) is 5.69 Å². The summed E-state index contributed by atoms with van der Waals surface area (Å²) >= 11 is 0. The Morgan fingerprint density at radius 3 is 2.75 bits per heavy atom. The summed E-state index contributed by atoms with van der Waals surface area (Å²) in [5, 5.41) is 2.48. The average molecular weight is 276 g/mol. The quantitative estimate of drug-likeness (QED) is 0.763. The van der Waals surface area contributed by atoms with Gasteiger partial charge < -0.3 is 10.3 Å². The molecular formula is C13H16N4O3. The number of imide groups is 1. The van der Waals surface area contributed by atoms with E-state index in [1.54, 1.807) is 0 Å². The van der Waals surface area contributed by atoms with Crippen LogP contribution < -0.4 is 5.32 Å². The summed E-state index contributed by atoms with van der Waals surface area (Å²) in [5.74, 6) is -1.17. The van der Waals surface area contributed by atoms with E-state index in [-0.39, 0.29) is 18.2 Å². The maximum atomic E-state index is 12.1. The van der Waals surface area contributed by atoms with Gasteiger partial charge in [-0.15, -0.1) is 0 Å². The molecule has 0 bridgehead atoms. The zero-order valence-corrected chi connectivity index (χ0v) is 11.6. The second-order valence-electron chi connectivity index (χ2n) is 4.87. The fourth-order valence-corrected chi connectivity index (χ4v) is 1.99. The minimum absolute atomic E-state index is 0.0606. The van der Waals surface area contributed by atoms with Gasteiger partial charge >= 0.3 is 0 Å². The monoisotopic (exact) mass is 276 g/mol. The SMILES string of the molecule is CC(=O)N1CC(=O)N/C(=C\c2nc[nH]c2C(C)C)C1=O. The van der Waals surface area contributed by atoms with Crippen molar-refractivity contribution in [2.45, 2.75) is 26.7 Å². The molecule has 0 unspecified atom stereocenters. The fraction of sp³-hybridized carbons (Fsp3) is 0.385. The summed E-state index contributed by atoms with van der Waals surface area (Å²) in [7, 11) is 0. The summed E-state index contributed by atoms with van der Waals surface area (Å²) in [5.41, 5.74) is 1.50.